The second kappa shape index (κ2) is 6.27. The Morgan fingerprint density at radius 1 is 1.20 bits per heavy atom. The Morgan fingerprint density at radius 3 is 2.35 bits per heavy atom. The number of hydrogen-bond donors (Lipinski definition) is 1. The van der Waals surface area contributed by atoms with Gasteiger partial charge in [-0.05, 0) is 11.0 Å². The molecule has 0 saturated carbocycles. The molecule has 0 radical (unpaired) electrons. The Balaban J connectivity index is 2.10. The highest BCUT2D eigenvalue weighted by Gasteiger charge is 2.29. The zero-order valence-corrected chi connectivity index (χ0v) is 12.6. The predicted molar refractivity (Wildman–Crippen MR) is 79.6 cm³/mol. The van der Waals surface area contributed by atoms with Crippen LogP contribution in [0.1, 0.15) is 32.4 Å². The van der Waals surface area contributed by atoms with E-state index in [0.29, 0.717) is 26.3 Å². The van der Waals surface area contributed by atoms with E-state index >= 15 is 0 Å². The summed E-state index contributed by atoms with van der Waals surface area (Å²) < 4.78 is 5.29. The fourth-order valence-corrected chi connectivity index (χ4v) is 2.43. The van der Waals surface area contributed by atoms with Crippen molar-refractivity contribution in [2.24, 2.45) is 5.41 Å². The van der Waals surface area contributed by atoms with Crippen LogP contribution in [0.4, 0.5) is 4.79 Å². The van der Waals surface area contributed by atoms with E-state index in [1.54, 1.807) is 0 Å². The monoisotopic (exact) mass is 276 g/mol. The molecule has 4 nitrogen and oxygen atoms in total. The van der Waals surface area contributed by atoms with Crippen molar-refractivity contribution in [2.45, 2.75) is 26.8 Å². The average Bonchev–Trinajstić information content (AvgIpc) is 2.45. The van der Waals surface area contributed by atoms with Gasteiger partial charge in [0.1, 0.15) is 0 Å². The third-order valence-corrected chi connectivity index (χ3v) is 3.57. The van der Waals surface area contributed by atoms with E-state index in [4.69, 9.17) is 4.74 Å². The topological polar surface area (TPSA) is 41.6 Å². The van der Waals surface area contributed by atoms with Gasteiger partial charge in [0.25, 0.3) is 0 Å². The van der Waals surface area contributed by atoms with Crippen LogP contribution in [-0.2, 0) is 4.74 Å². The molecule has 2 rings (SSSR count). The molecular formula is C16H24N2O2. The van der Waals surface area contributed by atoms with Crippen molar-refractivity contribution in [2.75, 3.05) is 26.3 Å². The number of urea groups is 1. The van der Waals surface area contributed by atoms with Gasteiger partial charge >= 0.3 is 6.03 Å². The van der Waals surface area contributed by atoms with E-state index in [1.807, 2.05) is 23.1 Å². The minimum absolute atomic E-state index is 0.000884. The first kappa shape index (κ1) is 14.9. The Labute approximate surface area is 121 Å². The fraction of sp³-hybridized carbons (Fsp3) is 0.562. The quantitative estimate of drug-likeness (QED) is 0.902. The van der Waals surface area contributed by atoms with Crippen molar-refractivity contribution in [3.63, 3.8) is 0 Å². The third-order valence-electron chi connectivity index (χ3n) is 3.57. The van der Waals surface area contributed by atoms with Crippen LogP contribution in [0.25, 0.3) is 0 Å². The van der Waals surface area contributed by atoms with E-state index in [9.17, 15) is 4.79 Å². The number of morpholine rings is 1. The lowest BCUT2D eigenvalue weighted by atomic mass is 9.82. The molecule has 20 heavy (non-hydrogen) atoms. The van der Waals surface area contributed by atoms with Gasteiger partial charge in [0.15, 0.2) is 0 Å². The highest BCUT2D eigenvalue weighted by Crippen LogP contribution is 2.32. The number of amides is 2. The van der Waals surface area contributed by atoms with E-state index in [1.165, 1.54) is 0 Å². The Kier molecular flexibility index (Phi) is 4.65. The smallest absolute Gasteiger partial charge is 0.318 e. The second-order valence-electron chi connectivity index (χ2n) is 6.26. The Bertz CT molecular complexity index is 434. The fourth-order valence-electron chi connectivity index (χ4n) is 2.43. The van der Waals surface area contributed by atoms with E-state index in [-0.39, 0.29) is 17.5 Å². The highest BCUT2D eigenvalue weighted by molar-refractivity contribution is 5.75. The summed E-state index contributed by atoms with van der Waals surface area (Å²) in [5.74, 6) is 0. The van der Waals surface area contributed by atoms with Crippen molar-refractivity contribution in [3.8, 4) is 0 Å². The Morgan fingerprint density at radius 2 is 1.80 bits per heavy atom. The normalized spacial score (nSPS) is 17.6. The lowest BCUT2D eigenvalue weighted by Crippen LogP contribution is -2.49. The molecule has 110 valence electrons. The number of nitrogens with zero attached hydrogens (tertiary/aromatic N) is 1. The van der Waals surface area contributed by atoms with Gasteiger partial charge in [-0.25, -0.2) is 4.79 Å². The molecule has 1 atom stereocenters. The average molecular weight is 276 g/mol. The highest BCUT2D eigenvalue weighted by atomic mass is 16.5. The zero-order valence-electron chi connectivity index (χ0n) is 12.6. The van der Waals surface area contributed by atoms with Gasteiger partial charge in [-0.1, -0.05) is 51.1 Å². The van der Waals surface area contributed by atoms with Crippen LogP contribution in [0.15, 0.2) is 30.3 Å². The first-order chi connectivity index (χ1) is 9.48. The number of nitrogens with one attached hydrogen (secondary N) is 1. The summed E-state index contributed by atoms with van der Waals surface area (Å²) in [4.78, 5) is 14.2. The molecule has 1 aromatic rings. The van der Waals surface area contributed by atoms with Crippen LogP contribution in [0.3, 0.4) is 0 Å². The molecular weight excluding hydrogens is 252 g/mol. The molecule has 1 N–H and O–H groups in total. The van der Waals surface area contributed by atoms with Gasteiger partial charge in [0.05, 0.1) is 19.3 Å². The summed E-state index contributed by atoms with van der Waals surface area (Å²) in [5, 5.41) is 3.17. The molecule has 1 heterocycles. The molecule has 2 amide bonds. The molecule has 1 aliphatic heterocycles. The largest absolute Gasteiger partial charge is 0.378 e. The SMILES string of the molecule is CC(C)(C)[C@H](NC(=O)N1CCOCC1)c1ccccc1. The molecule has 0 unspecified atom stereocenters. The summed E-state index contributed by atoms with van der Waals surface area (Å²) in [6.45, 7) is 9.01. The lowest BCUT2D eigenvalue weighted by Gasteiger charge is -2.35. The van der Waals surface area contributed by atoms with Crippen LogP contribution >= 0.6 is 0 Å². The van der Waals surface area contributed by atoms with Crippen LogP contribution in [0, 0.1) is 5.41 Å². The predicted octanol–water partition coefficient (Wildman–Crippen LogP) is 2.82. The summed E-state index contributed by atoms with van der Waals surface area (Å²) in [6, 6.07) is 10.1. The van der Waals surface area contributed by atoms with Crippen LogP contribution in [0.2, 0.25) is 0 Å². The van der Waals surface area contributed by atoms with Crippen LogP contribution < -0.4 is 5.32 Å². The first-order valence-corrected chi connectivity index (χ1v) is 7.16. The summed E-state index contributed by atoms with van der Waals surface area (Å²) in [7, 11) is 0. The van der Waals surface area contributed by atoms with Crippen LogP contribution in [0.5, 0.6) is 0 Å². The number of rotatable bonds is 2. The minimum atomic E-state index is -0.0384. The van der Waals surface area contributed by atoms with Crippen molar-refractivity contribution in [1.29, 1.82) is 0 Å². The minimum Gasteiger partial charge on any atom is -0.378 e. The van der Waals surface area contributed by atoms with Crippen molar-refractivity contribution >= 4 is 6.03 Å². The van der Waals surface area contributed by atoms with Gasteiger partial charge in [-0.3, -0.25) is 0 Å². The number of ether oxygens (including phenoxy) is 1. The maximum atomic E-state index is 12.4. The number of benzene rings is 1. The number of carbonyl (C=O) groups excluding carboxylic acids is 1. The molecule has 0 aliphatic carbocycles. The summed E-state index contributed by atoms with van der Waals surface area (Å²) in [5.41, 5.74) is 1.10. The first-order valence-electron chi connectivity index (χ1n) is 7.16. The van der Waals surface area contributed by atoms with E-state index < -0.39 is 0 Å². The van der Waals surface area contributed by atoms with Gasteiger partial charge in [0, 0.05) is 13.1 Å². The van der Waals surface area contributed by atoms with Gasteiger partial charge in [0.2, 0.25) is 0 Å². The van der Waals surface area contributed by atoms with Crippen molar-refractivity contribution in [3.05, 3.63) is 35.9 Å². The second-order valence-corrected chi connectivity index (χ2v) is 6.26. The van der Waals surface area contributed by atoms with Crippen molar-refractivity contribution in [1.82, 2.24) is 10.2 Å². The van der Waals surface area contributed by atoms with E-state index in [2.05, 4.69) is 38.2 Å². The molecule has 0 aromatic heterocycles. The standard InChI is InChI=1S/C16H24N2O2/c1-16(2,3)14(13-7-5-4-6-8-13)17-15(19)18-9-11-20-12-10-18/h4-8,14H,9-12H2,1-3H3,(H,17,19)/t14-/m1/s1. The van der Waals surface area contributed by atoms with Gasteiger partial charge < -0.3 is 15.0 Å². The summed E-state index contributed by atoms with van der Waals surface area (Å²) in [6.07, 6.45) is 0. The maximum Gasteiger partial charge on any atom is 0.318 e. The summed E-state index contributed by atoms with van der Waals surface area (Å²) >= 11 is 0. The Hall–Kier alpha value is -1.55. The molecule has 0 bridgehead atoms. The van der Waals surface area contributed by atoms with Gasteiger partial charge in [-0.2, -0.15) is 0 Å². The third kappa shape index (κ3) is 3.73. The van der Waals surface area contributed by atoms with Crippen molar-refractivity contribution < 1.29 is 9.53 Å². The van der Waals surface area contributed by atoms with Gasteiger partial charge in [-0.15, -0.1) is 0 Å². The number of carbonyl (C=O) groups is 1. The maximum absolute atomic E-state index is 12.4. The number of hydrogen-bond acceptors (Lipinski definition) is 2. The zero-order chi connectivity index (χ0) is 14.6. The molecule has 1 saturated heterocycles. The molecule has 1 fully saturated rings. The van der Waals surface area contributed by atoms with Crippen LogP contribution in [-0.4, -0.2) is 37.2 Å². The lowest BCUT2D eigenvalue weighted by molar-refractivity contribution is 0.0512. The van der Waals surface area contributed by atoms with E-state index in [0.717, 1.165) is 5.56 Å². The molecule has 1 aromatic carbocycles. The molecule has 4 heteroatoms. The molecule has 0 spiro atoms. The molecule has 1 aliphatic rings.